The molecular formula is C14H13FO2. The normalized spacial score (nSPS) is 10.2. The fraction of sp³-hybridized carbons (Fsp3) is 0.143. The lowest BCUT2D eigenvalue weighted by atomic mass is 10.1. The number of aliphatic hydroxyl groups excluding tert-OH is 1. The summed E-state index contributed by atoms with van der Waals surface area (Å²) >= 11 is 0. The van der Waals surface area contributed by atoms with Crippen molar-refractivity contribution in [3.05, 3.63) is 54.3 Å². The van der Waals surface area contributed by atoms with Crippen molar-refractivity contribution >= 4 is 0 Å². The summed E-state index contributed by atoms with van der Waals surface area (Å²) in [4.78, 5) is 0. The van der Waals surface area contributed by atoms with Crippen molar-refractivity contribution in [3.8, 4) is 16.9 Å². The third kappa shape index (κ3) is 3.04. The van der Waals surface area contributed by atoms with Gasteiger partial charge in [0.1, 0.15) is 18.2 Å². The molecule has 0 radical (unpaired) electrons. The zero-order valence-electron chi connectivity index (χ0n) is 9.27. The Morgan fingerprint density at radius 1 is 1.00 bits per heavy atom. The molecule has 0 bridgehead atoms. The minimum absolute atomic E-state index is 0.0861. The average Bonchev–Trinajstić information content (AvgIpc) is 2.37. The molecule has 0 amide bonds. The monoisotopic (exact) mass is 232 g/mol. The second-order valence-electron chi connectivity index (χ2n) is 3.61. The molecule has 0 spiro atoms. The standard InChI is InChI=1S/C14H13FO2/c15-13-8-12(11-4-2-1-3-5-11)9-14(10-13)17-7-6-16/h1-5,8-10,16H,6-7H2. The van der Waals surface area contributed by atoms with Gasteiger partial charge in [0.15, 0.2) is 0 Å². The fourth-order valence-corrected chi connectivity index (χ4v) is 1.61. The van der Waals surface area contributed by atoms with Crippen LogP contribution in [0, 0.1) is 5.82 Å². The van der Waals surface area contributed by atoms with Gasteiger partial charge in [-0.05, 0) is 23.3 Å². The summed E-state index contributed by atoms with van der Waals surface area (Å²) in [5, 5.41) is 8.66. The summed E-state index contributed by atoms with van der Waals surface area (Å²) in [5.41, 5.74) is 1.69. The Kier molecular flexibility index (Phi) is 3.73. The molecule has 2 rings (SSSR count). The molecule has 0 saturated carbocycles. The third-order valence-electron chi connectivity index (χ3n) is 2.34. The highest BCUT2D eigenvalue weighted by molar-refractivity contribution is 5.65. The van der Waals surface area contributed by atoms with Gasteiger partial charge in [-0.2, -0.15) is 0 Å². The highest BCUT2D eigenvalue weighted by Gasteiger charge is 2.03. The van der Waals surface area contributed by atoms with Crippen LogP contribution in [0.4, 0.5) is 4.39 Å². The fourth-order valence-electron chi connectivity index (χ4n) is 1.61. The van der Waals surface area contributed by atoms with E-state index in [0.29, 0.717) is 5.75 Å². The van der Waals surface area contributed by atoms with Crippen LogP contribution >= 0.6 is 0 Å². The van der Waals surface area contributed by atoms with E-state index in [-0.39, 0.29) is 19.0 Å². The molecule has 0 aromatic heterocycles. The summed E-state index contributed by atoms with van der Waals surface area (Å²) in [6.07, 6.45) is 0. The first-order valence-electron chi connectivity index (χ1n) is 5.39. The van der Waals surface area contributed by atoms with E-state index in [1.807, 2.05) is 30.3 Å². The van der Waals surface area contributed by atoms with Crippen LogP contribution in [0.15, 0.2) is 48.5 Å². The van der Waals surface area contributed by atoms with E-state index in [4.69, 9.17) is 9.84 Å². The van der Waals surface area contributed by atoms with Crippen LogP contribution in [0.2, 0.25) is 0 Å². The van der Waals surface area contributed by atoms with Gasteiger partial charge in [-0.3, -0.25) is 0 Å². The molecule has 2 aromatic rings. The van der Waals surface area contributed by atoms with E-state index in [0.717, 1.165) is 11.1 Å². The average molecular weight is 232 g/mol. The Labute approximate surface area is 99.3 Å². The molecule has 0 aliphatic heterocycles. The number of benzene rings is 2. The van der Waals surface area contributed by atoms with Crippen molar-refractivity contribution < 1.29 is 14.2 Å². The van der Waals surface area contributed by atoms with Gasteiger partial charge >= 0.3 is 0 Å². The van der Waals surface area contributed by atoms with Crippen LogP contribution in [-0.4, -0.2) is 18.3 Å². The molecule has 0 fully saturated rings. The van der Waals surface area contributed by atoms with Crippen LogP contribution < -0.4 is 4.74 Å². The highest BCUT2D eigenvalue weighted by atomic mass is 19.1. The summed E-state index contributed by atoms with van der Waals surface area (Å²) in [7, 11) is 0. The van der Waals surface area contributed by atoms with E-state index in [1.165, 1.54) is 12.1 Å². The Bertz CT molecular complexity index is 483. The first-order valence-corrected chi connectivity index (χ1v) is 5.39. The van der Waals surface area contributed by atoms with E-state index in [9.17, 15) is 4.39 Å². The molecule has 1 N–H and O–H groups in total. The van der Waals surface area contributed by atoms with Crippen molar-refractivity contribution in [1.82, 2.24) is 0 Å². The maximum absolute atomic E-state index is 13.4. The second kappa shape index (κ2) is 5.46. The summed E-state index contributed by atoms with van der Waals surface area (Å²) < 4.78 is 18.6. The van der Waals surface area contributed by atoms with Crippen molar-refractivity contribution in [3.63, 3.8) is 0 Å². The Morgan fingerprint density at radius 2 is 1.76 bits per heavy atom. The topological polar surface area (TPSA) is 29.5 Å². The second-order valence-corrected chi connectivity index (χ2v) is 3.61. The minimum Gasteiger partial charge on any atom is -0.491 e. The van der Waals surface area contributed by atoms with Gasteiger partial charge in [-0.25, -0.2) is 4.39 Å². The molecule has 0 heterocycles. The smallest absolute Gasteiger partial charge is 0.127 e. The predicted molar refractivity (Wildman–Crippen MR) is 64.4 cm³/mol. The highest BCUT2D eigenvalue weighted by Crippen LogP contribution is 2.25. The molecule has 0 atom stereocenters. The molecule has 0 saturated heterocycles. The van der Waals surface area contributed by atoms with Gasteiger partial charge in [-0.1, -0.05) is 30.3 Å². The van der Waals surface area contributed by atoms with E-state index >= 15 is 0 Å². The van der Waals surface area contributed by atoms with Gasteiger partial charge in [-0.15, -0.1) is 0 Å². The number of ether oxygens (including phenoxy) is 1. The lowest BCUT2D eigenvalue weighted by Crippen LogP contribution is -2.01. The number of halogens is 1. The van der Waals surface area contributed by atoms with Gasteiger partial charge in [0.05, 0.1) is 6.61 Å². The van der Waals surface area contributed by atoms with Gasteiger partial charge < -0.3 is 9.84 Å². The molecule has 0 unspecified atom stereocenters. The predicted octanol–water partition coefficient (Wildman–Crippen LogP) is 2.86. The molecule has 2 aromatic carbocycles. The molecule has 3 heteroatoms. The summed E-state index contributed by atoms with van der Waals surface area (Å²) in [6.45, 7) is 0.0782. The number of aliphatic hydroxyl groups is 1. The molecule has 0 aliphatic carbocycles. The van der Waals surface area contributed by atoms with Gasteiger partial charge in [0, 0.05) is 6.07 Å². The third-order valence-corrected chi connectivity index (χ3v) is 2.34. The minimum atomic E-state index is -0.348. The lowest BCUT2D eigenvalue weighted by molar-refractivity contribution is 0.201. The number of hydrogen-bond acceptors (Lipinski definition) is 2. The van der Waals surface area contributed by atoms with Crippen molar-refractivity contribution in [2.45, 2.75) is 0 Å². The van der Waals surface area contributed by atoms with Gasteiger partial charge in [0.25, 0.3) is 0 Å². The van der Waals surface area contributed by atoms with Gasteiger partial charge in [0.2, 0.25) is 0 Å². The van der Waals surface area contributed by atoms with E-state index in [1.54, 1.807) is 6.07 Å². The van der Waals surface area contributed by atoms with Crippen LogP contribution in [-0.2, 0) is 0 Å². The zero-order chi connectivity index (χ0) is 12.1. The molecular weight excluding hydrogens is 219 g/mol. The first-order chi connectivity index (χ1) is 8.29. The Morgan fingerprint density at radius 3 is 2.47 bits per heavy atom. The van der Waals surface area contributed by atoms with E-state index < -0.39 is 0 Å². The lowest BCUT2D eigenvalue weighted by Gasteiger charge is -2.07. The SMILES string of the molecule is OCCOc1cc(F)cc(-c2ccccc2)c1. The molecule has 17 heavy (non-hydrogen) atoms. The first kappa shape index (κ1) is 11.6. The quantitative estimate of drug-likeness (QED) is 0.878. The Hall–Kier alpha value is -1.87. The molecule has 88 valence electrons. The Balaban J connectivity index is 2.32. The zero-order valence-corrected chi connectivity index (χ0v) is 9.27. The van der Waals surface area contributed by atoms with E-state index in [2.05, 4.69) is 0 Å². The maximum Gasteiger partial charge on any atom is 0.127 e. The maximum atomic E-state index is 13.4. The van der Waals surface area contributed by atoms with Crippen molar-refractivity contribution in [2.24, 2.45) is 0 Å². The largest absolute Gasteiger partial charge is 0.491 e. The molecule has 2 nitrogen and oxygen atoms in total. The van der Waals surface area contributed by atoms with Crippen LogP contribution in [0.1, 0.15) is 0 Å². The van der Waals surface area contributed by atoms with Crippen molar-refractivity contribution in [2.75, 3.05) is 13.2 Å². The van der Waals surface area contributed by atoms with Crippen LogP contribution in [0.5, 0.6) is 5.75 Å². The number of hydrogen-bond donors (Lipinski definition) is 1. The molecule has 0 aliphatic rings. The van der Waals surface area contributed by atoms with Crippen LogP contribution in [0.3, 0.4) is 0 Å². The van der Waals surface area contributed by atoms with Crippen LogP contribution in [0.25, 0.3) is 11.1 Å². The van der Waals surface area contributed by atoms with Crippen molar-refractivity contribution in [1.29, 1.82) is 0 Å². The number of rotatable bonds is 4. The summed E-state index contributed by atoms with van der Waals surface area (Å²) in [5.74, 6) is 0.0807. The summed E-state index contributed by atoms with van der Waals surface area (Å²) in [6, 6.07) is 14.0.